The van der Waals surface area contributed by atoms with Crippen molar-refractivity contribution < 1.29 is 47.9 Å². The zero-order valence-electron chi connectivity index (χ0n) is 13.2. The van der Waals surface area contributed by atoms with Gasteiger partial charge in [0.05, 0.1) is 6.33 Å². The molecular weight excluding hydrogens is 412 g/mol. The zero-order valence-corrected chi connectivity index (χ0v) is 15.0. The molecule has 15 nitrogen and oxygen atoms in total. The fourth-order valence-corrected chi connectivity index (χ4v) is 4.12. The number of nitrogens with zero attached hydrogens (tertiary/aromatic N) is 4. The van der Waals surface area contributed by atoms with Crippen LogP contribution < -0.4 is 5.73 Å². The van der Waals surface area contributed by atoms with Crippen LogP contribution >= 0.6 is 16.0 Å². The lowest BCUT2D eigenvalue weighted by atomic mass is 10.1. The molecule has 0 spiro atoms. The molecule has 0 saturated carbocycles. The highest BCUT2D eigenvalue weighted by Crippen LogP contribution is 2.63. The third kappa shape index (κ3) is 4.39. The Balaban J connectivity index is 1.74. The van der Waals surface area contributed by atoms with Crippen molar-refractivity contribution in [3.63, 3.8) is 0 Å². The molecular formula is C10H16N5O10P2+. The minimum absolute atomic E-state index is 0.0939. The van der Waals surface area contributed by atoms with Crippen LogP contribution in [0.2, 0.25) is 0 Å². The molecule has 8 N–H and O–H groups in total. The molecule has 2 aromatic rings. The largest absolute Gasteiger partial charge is 0.580 e. The van der Waals surface area contributed by atoms with E-state index in [1.165, 1.54) is 17.2 Å². The number of aromatic nitrogens is 4. The maximum absolute atomic E-state index is 10.7. The molecule has 1 aliphatic rings. The number of rotatable bonds is 6. The van der Waals surface area contributed by atoms with E-state index in [1.54, 1.807) is 0 Å². The third-order valence-electron chi connectivity index (χ3n) is 3.62. The molecule has 0 radical (unpaired) electrons. The van der Waals surface area contributed by atoms with Crippen molar-refractivity contribution in [1.29, 1.82) is 0 Å². The highest BCUT2D eigenvalue weighted by molar-refractivity contribution is 7.64. The van der Waals surface area contributed by atoms with E-state index >= 15 is 0 Å². The van der Waals surface area contributed by atoms with E-state index < -0.39 is 47.1 Å². The maximum atomic E-state index is 10.7. The first kappa shape index (κ1) is 20.4. The van der Waals surface area contributed by atoms with Gasteiger partial charge in [-0.1, -0.05) is 0 Å². The fraction of sp³-hybridized carbons (Fsp3) is 0.500. The second-order valence-electron chi connectivity index (χ2n) is 5.49. The minimum Gasteiger partial charge on any atom is -0.387 e. The number of phosphoric acid groups is 1. The maximum Gasteiger partial charge on any atom is 0.580 e. The van der Waals surface area contributed by atoms with Gasteiger partial charge in [-0.25, -0.2) is 19.5 Å². The number of aliphatic hydroxyl groups is 2. The Morgan fingerprint density at radius 1 is 1.26 bits per heavy atom. The number of hydrogen-bond donors (Lipinski definition) is 7. The first-order valence-corrected chi connectivity index (χ1v) is 10.2. The van der Waals surface area contributed by atoms with Crippen LogP contribution in [0.4, 0.5) is 5.82 Å². The van der Waals surface area contributed by atoms with Crippen LogP contribution in [0.15, 0.2) is 12.7 Å². The molecule has 4 atom stereocenters. The fourth-order valence-electron chi connectivity index (χ4n) is 2.49. The Labute approximate surface area is 150 Å². The summed E-state index contributed by atoms with van der Waals surface area (Å²) in [6.45, 7) is -0.751. The number of hydrogen-bond acceptors (Lipinski definition) is 12. The summed E-state index contributed by atoms with van der Waals surface area (Å²) >= 11 is 0. The Bertz CT molecular complexity index is 873. The van der Waals surface area contributed by atoms with Gasteiger partial charge < -0.3 is 30.5 Å². The predicted molar refractivity (Wildman–Crippen MR) is 86.1 cm³/mol. The third-order valence-corrected chi connectivity index (χ3v) is 5.81. The van der Waals surface area contributed by atoms with Gasteiger partial charge in [0.2, 0.25) is 0 Å². The monoisotopic (exact) mass is 428 g/mol. The molecule has 17 heteroatoms. The van der Waals surface area contributed by atoms with Gasteiger partial charge in [-0.05, 0) is 4.31 Å². The highest BCUT2D eigenvalue weighted by Gasteiger charge is 2.51. The van der Waals surface area contributed by atoms with Gasteiger partial charge in [0.15, 0.2) is 17.7 Å². The summed E-state index contributed by atoms with van der Waals surface area (Å²) in [5.41, 5.74) is 6.14. The normalized spacial score (nSPS) is 26.7. The van der Waals surface area contributed by atoms with Gasteiger partial charge in [-0.2, -0.15) is 14.3 Å². The average Bonchev–Trinajstić information content (AvgIpc) is 3.07. The second kappa shape index (κ2) is 7.24. The van der Waals surface area contributed by atoms with E-state index in [0.717, 1.165) is 0 Å². The average molecular weight is 428 g/mol. The summed E-state index contributed by atoms with van der Waals surface area (Å²) in [6.07, 6.45) is -3.07. The summed E-state index contributed by atoms with van der Waals surface area (Å²) in [4.78, 5) is 47.7. The van der Waals surface area contributed by atoms with Crippen LogP contribution in [-0.4, -0.2) is 74.2 Å². The molecule has 3 heterocycles. The van der Waals surface area contributed by atoms with Crippen molar-refractivity contribution in [3.8, 4) is 0 Å². The molecule has 27 heavy (non-hydrogen) atoms. The molecule has 2 aromatic heterocycles. The molecule has 2 unspecified atom stereocenters. The van der Waals surface area contributed by atoms with Crippen LogP contribution in [-0.2, 0) is 18.1 Å². The number of nitrogens with two attached hydrogens (primary N) is 1. The first-order valence-electron chi connectivity index (χ1n) is 7.19. The van der Waals surface area contributed by atoms with E-state index in [1.807, 2.05) is 0 Å². The van der Waals surface area contributed by atoms with Gasteiger partial charge in [-0.15, -0.1) is 0 Å². The summed E-state index contributed by atoms with van der Waals surface area (Å²) in [6, 6.07) is 0. The molecule has 3 rings (SSSR count). The molecule has 0 aliphatic carbocycles. The number of ether oxygens (including phenoxy) is 1. The number of anilines is 1. The van der Waals surface area contributed by atoms with Crippen LogP contribution in [0, 0.1) is 0 Å². The highest BCUT2D eigenvalue weighted by atomic mass is 31.3. The summed E-state index contributed by atoms with van der Waals surface area (Å²) in [5, 5.41) is 20.3. The van der Waals surface area contributed by atoms with Crippen molar-refractivity contribution in [3.05, 3.63) is 12.7 Å². The molecule has 150 valence electrons. The van der Waals surface area contributed by atoms with Gasteiger partial charge in [0.1, 0.15) is 36.8 Å². The lowest BCUT2D eigenvalue weighted by molar-refractivity contribution is -0.0522. The summed E-state index contributed by atoms with van der Waals surface area (Å²) in [5.74, 6) is 0.0939. The zero-order chi connectivity index (χ0) is 20.0. The second-order valence-corrected chi connectivity index (χ2v) is 8.36. The molecule has 0 amide bonds. The summed E-state index contributed by atoms with van der Waals surface area (Å²) < 4.78 is 25.7. The van der Waals surface area contributed by atoms with E-state index in [0.29, 0.717) is 0 Å². The number of aliphatic hydroxyl groups excluding tert-OH is 2. The molecule has 0 bridgehead atoms. The van der Waals surface area contributed by atoms with Crippen LogP contribution in [0.3, 0.4) is 0 Å². The predicted octanol–water partition coefficient (Wildman–Crippen LogP) is -2.18. The quantitative estimate of drug-likeness (QED) is 0.242. The molecule has 1 fully saturated rings. The Hall–Kier alpha value is -1.35. The Kier molecular flexibility index (Phi) is 5.46. The van der Waals surface area contributed by atoms with Crippen LogP contribution in [0.5, 0.6) is 0 Å². The van der Waals surface area contributed by atoms with Gasteiger partial charge in [0.25, 0.3) is 0 Å². The van der Waals surface area contributed by atoms with Crippen molar-refractivity contribution in [2.45, 2.75) is 24.5 Å². The Morgan fingerprint density at radius 3 is 2.63 bits per heavy atom. The van der Waals surface area contributed by atoms with Crippen molar-refractivity contribution in [2.75, 3.05) is 12.3 Å². The lowest BCUT2D eigenvalue weighted by Gasteiger charge is -2.16. The first-order chi connectivity index (χ1) is 12.5. The van der Waals surface area contributed by atoms with Gasteiger partial charge in [0, 0.05) is 0 Å². The standard InChI is InChI=1S/C10H15N5O10P2/c11-8-5-9(13-2-12-8)15(3-14-5)10-7(17)6(16)4(24-10)1-23-27(21,22)25-26(18,19)20/h2-4,6-7,10,16-17,21-22H,1H2,(H3-,11,12,13,18,19,20)/p+1/t4-,6?,7?,10-/m1/s1. The van der Waals surface area contributed by atoms with Crippen LogP contribution in [0.1, 0.15) is 6.23 Å². The van der Waals surface area contributed by atoms with Crippen molar-refractivity contribution in [1.82, 2.24) is 19.5 Å². The molecule has 0 aromatic carbocycles. The topological polar surface area (TPSA) is 236 Å². The van der Waals surface area contributed by atoms with E-state index in [-0.39, 0.29) is 17.0 Å². The molecule has 1 saturated heterocycles. The smallest absolute Gasteiger partial charge is 0.387 e. The van der Waals surface area contributed by atoms with E-state index in [9.17, 15) is 24.6 Å². The van der Waals surface area contributed by atoms with Gasteiger partial charge in [-0.3, -0.25) is 4.57 Å². The van der Waals surface area contributed by atoms with E-state index in [4.69, 9.17) is 20.3 Å². The van der Waals surface area contributed by atoms with Gasteiger partial charge >= 0.3 is 16.0 Å². The number of nitrogen functional groups attached to an aromatic ring is 1. The molecule has 1 aliphatic heterocycles. The van der Waals surface area contributed by atoms with E-state index in [2.05, 4.69) is 23.8 Å². The summed E-state index contributed by atoms with van der Waals surface area (Å²) in [7, 11) is -10.1. The SMILES string of the molecule is Nc1ncnc2c1ncn2[C@@H]1O[C@H](CO[P+](O)(O)OP(=O)(O)O)C(O)C1O. The van der Waals surface area contributed by atoms with Crippen molar-refractivity contribution >= 4 is 33.0 Å². The van der Waals surface area contributed by atoms with Crippen molar-refractivity contribution in [2.24, 2.45) is 0 Å². The van der Waals surface area contributed by atoms with Crippen LogP contribution in [0.25, 0.3) is 11.2 Å². The number of imidazole rings is 1. The number of fused-ring (bicyclic) bond motifs is 1. The minimum atomic E-state index is -5.23. The lowest BCUT2D eigenvalue weighted by Crippen LogP contribution is -2.33. The Morgan fingerprint density at radius 2 is 1.96 bits per heavy atom.